The zero-order chi connectivity index (χ0) is 22.5. The smallest absolute Gasteiger partial charge is 0.364 e. The number of hydrogen-bond acceptors (Lipinski definition) is 6. The van der Waals surface area contributed by atoms with Crippen LogP contribution >= 0.6 is 0 Å². The van der Waals surface area contributed by atoms with Gasteiger partial charge in [-0.1, -0.05) is 6.07 Å². The first-order valence-corrected chi connectivity index (χ1v) is 10.2. The lowest BCUT2D eigenvalue weighted by Gasteiger charge is -2.34. The van der Waals surface area contributed by atoms with Crippen molar-refractivity contribution in [1.82, 2.24) is 29.9 Å². The molecule has 3 aromatic rings. The predicted octanol–water partition coefficient (Wildman–Crippen LogP) is 3.10. The molecular formula is C21H20F3N7O. The number of carbonyl (C=O) groups excluding carboxylic acids is 1. The fourth-order valence-corrected chi connectivity index (χ4v) is 4.64. The number of nitrogens with one attached hydrogen (secondary N) is 1. The Balaban J connectivity index is 1.36. The molecule has 3 atom stereocenters. The molecule has 5 rings (SSSR count). The molecule has 1 saturated heterocycles. The van der Waals surface area contributed by atoms with E-state index in [9.17, 15) is 18.0 Å². The topological polar surface area (TPSA) is 88.8 Å². The summed E-state index contributed by atoms with van der Waals surface area (Å²) in [4.78, 5) is 24.1. The van der Waals surface area contributed by atoms with E-state index < -0.39 is 11.9 Å². The van der Waals surface area contributed by atoms with Crippen molar-refractivity contribution in [2.45, 2.75) is 38.0 Å². The number of rotatable bonds is 4. The van der Waals surface area contributed by atoms with Gasteiger partial charge in [-0.3, -0.25) is 4.79 Å². The number of aromatic nitrogens is 5. The van der Waals surface area contributed by atoms with Gasteiger partial charge in [0.15, 0.2) is 5.69 Å². The molecular weight excluding hydrogens is 423 g/mol. The lowest BCUT2D eigenvalue weighted by molar-refractivity contribution is -0.141. The van der Waals surface area contributed by atoms with E-state index in [0.29, 0.717) is 29.9 Å². The van der Waals surface area contributed by atoms with Crippen LogP contribution in [-0.2, 0) is 6.18 Å². The molecule has 1 aromatic carbocycles. The Bertz CT molecular complexity index is 1130. The summed E-state index contributed by atoms with van der Waals surface area (Å²) < 4.78 is 38.2. The number of amides is 1. The van der Waals surface area contributed by atoms with Crippen molar-refractivity contribution in [2.24, 2.45) is 5.92 Å². The molecule has 3 heterocycles. The van der Waals surface area contributed by atoms with Gasteiger partial charge in [-0.15, -0.1) is 0 Å². The Morgan fingerprint density at radius 1 is 1.12 bits per heavy atom. The summed E-state index contributed by atoms with van der Waals surface area (Å²) >= 11 is 0. The van der Waals surface area contributed by atoms with E-state index in [1.165, 1.54) is 4.80 Å². The maximum Gasteiger partial charge on any atom is 0.434 e. The summed E-state index contributed by atoms with van der Waals surface area (Å²) in [5.74, 6) is 0.468. The standard InChI is InChI=1S/C21H20F3N7O/c1-12-2-3-14(16(6-12)31-27-4-5-28-31)20(32)30-11-13-7-15(17(30)8-13)29-19-10-25-18(9-26-19)21(22,23)24/h2-6,9-10,13,15,17H,7-8,11H2,1H3,(H,26,29). The van der Waals surface area contributed by atoms with E-state index in [2.05, 4.69) is 25.5 Å². The van der Waals surface area contributed by atoms with Crippen LogP contribution in [0.2, 0.25) is 0 Å². The molecule has 166 valence electrons. The molecule has 1 aliphatic carbocycles. The Morgan fingerprint density at radius 3 is 2.56 bits per heavy atom. The average Bonchev–Trinajstić information content (AvgIpc) is 3.50. The number of benzene rings is 1. The van der Waals surface area contributed by atoms with Crippen LogP contribution in [0.15, 0.2) is 43.0 Å². The molecule has 11 heteroatoms. The quantitative estimate of drug-likeness (QED) is 0.667. The van der Waals surface area contributed by atoms with Crippen molar-refractivity contribution in [3.8, 4) is 5.69 Å². The van der Waals surface area contributed by atoms with Gasteiger partial charge in [0.2, 0.25) is 0 Å². The third-order valence-corrected chi connectivity index (χ3v) is 6.04. The molecule has 2 bridgehead atoms. The first-order valence-electron chi connectivity index (χ1n) is 10.2. The Morgan fingerprint density at radius 2 is 1.91 bits per heavy atom. The fourth-order valence-electron chi connectivity index (χ4n) is 4.64. The highest BCUT2D eigenvalue weighted by Crippen LogP contribution is 2.40. The lowest BCUT2D eigenvalue weighted by atomic mass is 10.0. The third kappa shape index (κ3) is 3.67. The summed E-state index contributed by atoms with van der Waals surface area (Å²) in [6, 6.07) is 5.33. The zero-order valence-corrected chi connectivity index (χ0v) is 17.1. The van der Waals surface area contributed by atoms with E-state index in [-0.39, 0.29) is 23.8 Å². The fraction of sp³-hybridized carbons (Fsp3) is 0.381. The summed E-state index contributed by atoms with van der Waals surface area (Å²) in [7, 11) is 0. The SMILES string of the molecule is Cc1ccc(C(=O)N2CC3CC(Nc4cnc(C(F)(F)F)cn4)C2C3)c(-n2nccn2)c1. The van der Waals surface area contributed by atoms with Crippen LogP contribution in [0.5, 0.6) is 0 Å². The van der Waals surface area contributed by atoms with Crippen LogP contribution in [0.1, 0.15) is 34.5 Å². The normalized spacial score (nSPS) is 22.4. The molecule has 3 unspecified atom stereocenters. The van der Waals surface area contributed by atoms with Crippen molar-refractivity contribution in [1.29, 1.82) is 0 Å². The first-order chi connectivity index (χ1) is 15.3. The minimum Gasteiger partial charge on any atom is -0.364 e. The van der Waals surface area contributed by atoms with Crippen LogP contribution in [-0.4, -0.2) is 54.4 Å². The summed E-state index contributed by atoms with van der Waals surface area (Å²) in [6.45, 7) is 2.57. The first kappa shape index (κ1) is 20.4. The number of aryl methyl sites for hydroxylation is 1. The second-order valence-corrected chi connectivity index (χ2v) is 8.24. The largest absolute Gasteiger partial charge is 0.434 e. The second-order valence-electron chi connectivity index (χ2n) is 8.24. The molecule has 1 N–H and O–H groups in total. The highest BCUT2D eigenvalue weighted by molar-refractivity contribution is 5.98. The van der Waals surface area contributed by atoms with Gasteiger partial charge in [-0.05, 0) is 43.4 Å². The zero-order valence-electron chi connectivity index (χ0n) is 17.1. The van der Waals surface area contributed by atoms with E-state index >= 15 is 0 Å². The van der Waals surface area contributed by atoms with E-state index in [1.807, 2.05) is 24.0 Å². The van der Waals surface area contributed by atoms with E-state index in [0.717, 1.165) is 24.6 Å². The lowest BCUT2D eigenvalue weighted by Crippen LogP contribution is -2.48. The van der Waals surface area contributed by atoms with Gasteiger partial charge >= 0.3 is 6.18 Å². The summed E-state index contributed by atoms with van der Waals surface area (Å²) in [6.07, 6.45) is 2.03. The number of halogens is 3. The van der Waals surface area contributed by atoms with Crippen LogP contribution in [0, 0.1) is 12.8 Å². The molecule has 2 aromatic heterocycles. The van der Waals surface area contributed by atoms with E-state index in [4.69, 9.17) is 0 Å². The molecule has 1 aliphatic heterocycles. The highest BCUT2D eigenvalue weighted by atomic mass is 19.4. The summed E-state index contributed by atoms with van der Waals surface area (Å²) in [5, 5.41) is 11.5. The van der Waals surface area contributed by atoms with Crippen molar-refractivity contribution in [3.63, 3.8) is 0 Å². The Hall–Kier alpha value is -3.50. The second kappa shape index (κ2) is 7.57. The third-order valence-electron chi connectivity index (χ3n) is 6.04. The molecule has 2 fully saturated rings. The number of hydrogen-bond donors (Lipinski definition) is 1. The Kier molecular flexibility index (Phi) is 4.83. The molecule has 0 spiro atoms. The number of piperidine rings is 1. The van der Waals surface area contributed by atoms with Gasteiger partial charge in [0.05, 0.1) is 42.1 Å². The molecule has 8 nitrogen and oxygen atoms in total. The van der Waals surface area contributed by atoms with Gasteiger partial charge in [-0.2, -0.15) is 28.2 Å². The van der Waals surface area contributed by atoms with Gasteiger partial charge < -0.3 is 10.2 Å². The number of anilines is 1. The minimum atomic E-state index is -4.53. The number of likely N-dealkylation sites (tertiary alicyclic amines) is 1. The minimum absolute atomic E-state index is 0.0867. The van der Waals surface area contributed by atoms with Crippen molar-refractivity contribution < 1.29 is 18.0 Å². The van der Waals surface area contributed by atoms with Gasteiger partial charge in [0.1, 0.15) is 5.82 Å². The van der Waals surface area contributed by atoms with Crippen molar-refractivity contribution >= 4 is 11.7 Å². The molecule has 1 amide bonds. The number of fused-ring (bicyclic) bond motifs is 2. The van der Waals surface area contributed by atoms with Crippen LogP contribution in [0.4, 0.5) is 19.0 Å². The van der Waals surface area contributed by atoms with Crippen LogP contribution < -0.4 is 5.32 Å². The molecule has 0 radical (unpaired) electrons. The van der Waals surface area contributed by atoms with Crippen LogP contribution in [0.25, 0.3) is 5.69 Å². The summed E-state index contributed by atoms with van der Waals surface area (Å²) in [5.41, 5.74) is 1.07. The number of alkyl halides is 3. The predicted molar refractivity (Wildman–Crippen MR) is 108 cm³/mol. The van der Waals surface area contributed by atoms with Gasteiger partial charge in [0.25, 0.3) is 5.91 Å². The maximum atomic E-state index is 13.5. The number of nitrogens with zero attached hydrogens (tertiary/aromatic N) is 6. The van der Waals surface area contributed by atoms with E-state index in [1.54, 1.807) is 18.5 Å². The maximum absolute atomic E-state index is 13.5. The molecule has 32 heavy (non-hydrogen) atoms. The Labute approximate surface area is 181 Å². The number of carbonyl (C=O) groups is 1. The van der Waals surface area contributed by atoms with Crippen molar-refractivity contribution in [2.75, 3.05) is 11.9 Å². The molecule has 1 saturated carbocycles. The van der Waals surface area contributed by atoms with Gasteiger partial charge in [0, 0.05) is 12.6 Å². The van der Waals surface area contributed by atoms with Crippen molar-refractivity contribution in [3.05, 3.63) is 59.8 Å². The molecule has 2 aliphatic rings. The van der Waals surface area contributed by atoms with Crippen LogP contribution in [0.3, 0.4) is 0 Å². The average molecular weight is 443 g/mol. The highest BCUT2D eigenvalue weighted by Gasteiger charge is 2.47. The monoisotopic (exact) mass is 443 g/mol. The van der Waals surface area contributed by atoms with Gasteiger partial charge in [-0.25, -0.2) is 9.97 Å².